The Bertz CT molecular complexity index is 682. The van der Waals surface area contributed by atoms with Gasteiger partial charge in [0.25, 0.3) is 0 Å². The molecule has 2 rings (SSSR count). The highest BCUT2D eigenvalue weighted by atomic mass is 79.9. The monoisotopic (exact) mass is 365 g/mol. The molecule has 0 atom stereocenters. The Morgan fingerprint density at radius 3 is 2.71 bits per heavy atom. The zero-order valence-electron chi connectivity index (χ0n) is 11.4. The van der Waals surface area contributed by atoms with E-state index in [1.54, 1.807) is 19.2 Å². The van der Waals surface area contributed by atoms with Gasteiger partial charge in [-0.3, -0.25) is 0 Å². The summed E-state index contributed by atoms with van der Waals surface area (Å²) in [6, 6.07) is 13.2. The van der Waals surface area contributed by atoms with Crippen LogP contribution in [0.25, 0.3) is 0 Å². The minimum Gasteiger partial charge on any atom is -0.495 e. The van der Waals surface area contributed by atoms with Gasteiger partial charge >= 0.3 is 0 Å². The van der Waals surface area contributed by atoms with Crippen molar-refractivity contribution in [2.45, 2.75) is 12.5 Å². The highest BCUT2D eigenvalue weighted by Crippen LogP contribution is 2.25. The number of hydrogen-bond donors (Lipinski definition) is 0. The van der Waals surface area contributed by atoms with E-state index in [-0.39, 0.29) is 0 Å². The lowest BCUT2D eigenvalue weighted by atomic mass is 10.1. The van der Waals surface area contributed by atoms with Crippen LogP contribution in [-0.2, 0) is 12.5 Å². The Kier molecular flexibility index (Phi) is 5.49. The zero-order valence-corrected chi connectivity index (χ0v) is 13.7. The van der Waals surface area contributed by atoms with E-state index in [2.05, 4.69) is 22.0 Å². The van der Waals surface area contributed by atoms with Crippen molar-refractivity contribution >= 4 is 27.5 Å². The predicted molar refractivity (Wildman–Crippen MR) is 85.7 cm³/mol. The largest absolute Gasteiger partial charge is 0.495 e. The summed E-state index contributed by atoms with van der Waals surface area (Å²) in [7, 11) is 1.54. The van der Waals surface area contributed by atoms with E-state index in [0.717, 1.165) is 21.3 Å². The summed E-state index contributed by atoms with van der Waals surface area (Å²) in [4.78, 5) is 0. The summed E-state index contributed by atoms with van der Waals surface area (Å²) in [5, 5.41) is 9.07. The summed E-state index contributed by atoms with van der Waals surface area (Å²) in [5.41, 5.74) is 2.38. The second-order valence-corrected chi connectivity index (χ2v) is 5.44. The van der Waals surface area contributed by atoms with E-state index in [1.165, 1.54) is 0 Å². The van der Waals surface area contributed by atoms with Gasteiger partial charge in [-0.25, -0.2) is 0 Å². The molecule has 108 valence electrons. The third kappa shape index (κ3) is 3.90. The molecular weight excluding hydrogens is 354 g/mol. The van der Waals surface area contributed by atoms with E-state index in [0.29, 0.717) is 23.8 Å². The number of hydrogen-bond acceptors (Lipinski definition) is 3. The lowest BCUT2D eigenvalue weighted by molar-refractivity contribution is 0.305. The zero-order chi connectivity index (χ0) is 15.2. The Balaban J connectivity index is 2.11. The molecule has 0 radical (unpaired) electrons. The van der Waals surface area contributed by atoms with E-state index in [1.807, 2.05) is 24.3 Å². The van der Waals surface area contributed by atoms with E-state index in [4.69, 9.17) is 26.3 Å². The van der Waals surface area contributed by atoms with Gasteiger partial charge in [0.15, 0.2) is 0 Å². The Labute approximate surface area is 137 Å². The van der Waals surface area contributed by atoms with Gasteiger partial charge in [-0.1, -0.05) is 22.0 Å². The van der Waals surface area contributed by atoms with E-state index >= 15 is 0 Å². The minimum absolute atomic E-state index is 0.377. The molecule has 0 heterocycles. The van der Waals surface area contributed by atoms with Crippen LogP contribution in [0.5, 0.6) is 11.5 Å². The van der Waals surface area contributed by atoms with Crippen molar-refractivity contribution in [3.8, 4) is 17.6 Å². The van der Waals surface area contributed by atoms with Crippen LogP contribution in [-0.4, -0.2) is 7.11 Å². The van der Waals surface area contributed by atoms with Crippen molar-refractivity contribution < 1.29 is 9.47 Å². The first-order valence-electron chi connectivity index (χ1n) is 6.22. The van der Waals surface area contributed by atoms with Crippen LogP contribution in [0.2, 0.25) is 0 Å². The summed E-state index contributed by atoms with van der Waals surface area (Å²) < 4.78 is 11.8. The van der Waals surface area contributed by atoms with Crippen LogP contribution in [0.1, 0.15) is 16.7 Å². The standard InChI is InChI=1S/C16H13BrClNO2/c1-20-16-5-2-11(6-13(16)9-19)10-21-14-3-4-15(17)12(7-14)8-18/h2-7H,8,10H2,1H3. The van der Waals surface area contributed by atoms with Gasteiger partial charge < -0.3 is 9.47 Å². The molecule has 0 unspecified atom stereocenters. The second kappa shape index (κ2) is 7.35. The van der Waals surface area contributed by atoms with Crippen LogP contribution < -0.4 is 9.47 Å². The maximum Gasteiger partial charge on any atom is 0.136 e. The van der Waals surface area contributed by atoms with Crippen LogP contribution in [0.4, 0.5) is 0 Å². The highest BCUT2D eigenvalue weighted by molar-refractivity contribution is 9.10. The maximum atomic E-state index is 9.07. The average molecular weight is 367 g/mol. The molecule has 5 heteroatoms. The fourth-order valence-electron chi connectivity index (χ4n) is 1.84. The Morgan fingerprint density at radius 1 is 1.24 bits per heavy atom. The average Bonchev–Trinajstić information content (AvgIpc) is 2.53. The quantitative estimate of drug-likeness (QED) is 0.724. The molecule has 0 aliphatic rings. The number of nitriles is 1. The van der Waals surface area contributed by atoms with Crippen molar-refractivity contribution in [3.05, 3.63) is 57.6 Å². The normalized spacial score (nSPS) is 10.0. The summed E-state index contributed by atoms with van der Waals surface area (Å²) in [5.74, 6) is 1.72. The highest BCUT2D eigenvalue weighted by Gasteiger charge is 2.05. The number of ether oxygens (including phenoxy) is 2. The van der Waals surface area contributed by atoms with Gasteiger partial charge in [-0.15, -0.1) is 11.6 Å². The van der Waals surface area contributed by atoms with E-state index < -0.39 is 0 Å². The summed E-state index contributed by atoms with van der Waals surface area (Å²) in [6.07, 6.45) is 0. The van der Waals surface area contributed by atoms with Crippen LogP contribution in [0.15, 0.2) is 40.9 Å². The van der Waals surface area contributed by atoms with Gasteiger partial charge in [-0.2, -0.15) is 5.26 Å². The molecule has 0 N–H and O–H groups in total. The first kappa shape index (κ1) is 15.7. The first-order valence-corrected chi connectivity index (χ1v) is 7.55. The molecule has 0 saturated heterocycles. The topological polar surface area (TPSA) is 42.2 Å². The molecule has 21 heavy (non-hydrogen) atoms. The van der Waals surface area contributed by atoms with Gasteiger partial charge in [0.2, 0.25) is 0 Å². The smallest absolute Gasteiger partial charge is 0.136 e. The molecule has 0 amide bonds. The van der Waals surface area contributed by atoms with Crippen molar-refractivity contribution in [2.24, 2.45) is 0 Å². The molecule has 0 aromatic heterocycles. The van der Waals surface area contributed by atoms with Crippen molar-refractivity contribution in [1.29, 1.82) is 5.26 Å². The molecule has 0 spiro atoms. The lowest BCUT2D eigenvalue weighted by Crippen LogP contribution is -1.98. The van der Waals surface area contributed by atoms with E-state index in [9.17, 15) is 0 Å². The maximum absolute atomic E-state index is 9.07. The first-order chi connectivity index (χ1) is 10.2. The van der Waals surface area contributed by atoms with Gasteiger partial charge in [0.05, 0.1) is 12.7 Å². The third-order valence-corrected chi connectivity index (χ3v) is 4.01. The van der Waals surface area contributed by atoms with Crippen molar-refractivity contribution in [1.82, 2.24) is 0 Å². The molecule has 3 nitrogen and oxygen atoms in total. The molecular formula is C16H13BrClNO2. The third-order valence-electron chi connectivity index (χ3n) is 2.95. The summed E-state index contributed by atoms with van der Waals surface area (Å²) in [6.45, 7) is 0.377. The minimum atomic E-state index is 0.377. The number of methoxy groups -OCH3 is 1. The number of rotatable bonds is 5. The molecule has 0 fully saturated rings. The Hall–Kier alpha value is -1.70. The molecule has 0 saturated carbocycles. The van der Waals surface area contributed by atoms with Gasteiger partial charge in [0, 0.05) is 10.4 Å². The number of benzene rings is 2. The molecule has 2 aromatic rings. The molecule has 0 aliphatic carbocycles. The van der Waals surface area contributed by atoms with Crippen LogP contribution in [0.3, 0.4) is 0 Å². The van der Waals surface area contributed by atoms with Crippen LogP contribution in [0, 0.1) is 11.3 Å². The number of alkyl halides is 1. The second-order valence-electron chi connectivity index (χ2n) is 4.32. The fourth-order valence-corrected chi connectivity index (χ4v) is 2.61. The van der Waals surface area contributed by atoms with Gasteiger partial charge in [-0.05, 0) is 41.5 Å². The molecule has 0 bridgehead atoms. The van der Waals surface area contributed by atoms with Crippen LogP contribution >= 0.6 is 27.5 Å². The Morgan fingerprint density at radius 2 is 2.05 bits per heavy atom. The van der Waals surface area contributed by atoms with Crippen molar-refractivity contribution in [2.75, 3.05) is 7.11 Å². The fraction of sp³-hybridized carbons (Fsp3) is 0.188. The van der Waals surface area contributed by atoms with Gasteiger partial charge in [0.1, 0.15) is 24.2 Å². The SMILES string of the molecule is COc1ccc(COc2ccc(Br)c(CCl)c2)cc1C#N. The lowest BCUT2D eigenvalue weighted by Gasteiger charge is -2.10. The number of nitrogens with zero attached hydrogens (tertiary/aromatic N) is 1. The summed E-state index contributed by atoms with van der Waals surface area (Å²) >= 11 is 9.29. The molecule has 0 aliphatic heterocycles. The van der Waals surface area contributed by atoms with Crippen molar-refractivity contribution in [3.63, 3.8) is 0 Å². The predicted octanol–water partition coefficient (Wildman–Crippen LogP) is 4.65. The number of halogens is 2. The molecule has 2 aromatic carbocycles.